The van der Waals surface area contributed by atoms with E-state index in [-0.39, 0.29) is 11.7 Å². The first-order valence-electron chi connectivity index (χ1n) is 6.38. The van der Waals surface area contributed by atoms with Crippen LogP contribution in [0.25, 0.3) is 0 Å². The van der Waals surface area contributed by atoms with E-state index in [2.05, 4.69) is 10.3 Å². The molecule has 0 saturated carbocycles. The molecule has 4 nitrogen and oxygen atoms in total. The maximum atomic E-state index is 12.4. The van der Waals surface area contributed by atoms with Gasteiger partial charge in [0, 0.05) is 19.3 Å². The normalized spacial score (nSPS) is 12.9. The van der Waals surface area contributed by atoms with Gasteiger partial charge in [-0.2, -0.15) is 13.2 Å². The minimum Gasteiger partial charge on any atom is -0.359 e. The summed E-state index contributed by atoms with van der Waals surface area (Å²) in [7, 11) is 0. The summed E-state index contributed by atoms with van der Waals surface area (Å²) in [6.07, 6.45) is -3.66. The van der Waals surface area contributed by atoms with Crippen LogP contribution in [0.2, 0.25) is 0 Å². The SMILES string of the molecule is CCN(CC)C(=O)C(C)Nc1ccc(C(F)(F)F)cn1. The summed E-state index contributed by atoms with van der Waals surface area (Å²) < 4.78 is 37.2. The highest BCUT2D eigenvalue weighted by atomic mass is 19.4. The molecule has 0 bridgehead atoms. The molecular formula is C13H18F3N3O. The highest BCUT2D eigenvalue weighted by molar-refractivity contribution is 5.83. The molecule has 0 spiro atoms. The molecule has 1 heterocycles. The van der Waals surface area contributed by atoms with Gasteiger partial charge < -0.3 is 10.2 Å². The Kier molecular flexibility index (Phi) is 5.35. The van der Waals surface area contributed by atoms with Gasteiger partial charge in [-0.05, 0) is 32.9 Å². The third-order valence-corrected chi connectivity index (χ3v) is 2.90. The lowest BCUT2D eigenvalue weighted by atomic mass is 10.2. The predicted octanol–water partition coefficient (Wildman–Crippen LogP) is 2.77. The molecule has 1 atom stereocenters. The van der Waals surface area contributed by atoms with Crippen molar-refractivity contribution in [2.45, 2.75) is 33.0 Å². The monoisotopic (exact) mass is 289 g/mol. The van der Waals surface area contributed by atoms with Crippen LogP contribution in [-0.4, -0.2) is 34.9 Å². The number of amides is 1. The largest absolute Gasteiger partial charge is 0.417 e. The van der Waals surface area contributed by atoms with Crippen molar-refractivity contribution >= 4 is 11.7 Å². The van der Waals surface area contributed by atoms with Crippen molar-refractivity contribution in [3.8, 4) is 0 Å². The van der Waals surface area contributed by atoms with Gasteiger partial charge in [-0.15, -0.1) is 0 Å². The predicted molar refractivity (Wildman–Crippen MR) is 70.3 cm³/mol. The fraction of sp³-hybridized carbons (Fsp3) is 0.538. The molecule has 1 rings (SSSR count). The van der Waals surface area contributed by atoms with Crippen LogP contribution < -0.4 is 5.32 Å². The highest BCUT2D eigenvalue weighted by Gasteiger charge is 2.30. The molecule has 0 fully saturated rings. The van der Waals surface area contributed by atoms with Gasteiger partial charge in [-0.25, -0.2) is 4.98 Å². The van der Waals surface area contributed by atoms with Crippen LogP contribution in [0.5, 0.6) is 0 Å². The van der Waals surface area contributed by atoms with E-state index in [0.29, 0.717) is 13.1 Å². The Bertz CT molecular complexity index is 441. The van der Waals surface area contributed by atoms with Gasteiger partial charge >= 0.3 is 6.18 Å². The molecule has 0 aliphatic carbocycles. The number of carbonyl (C=O) groups excluding carboxylic acids is 1. The number of nitrogens with zero attached hydrogens (tertiary/aromatic N) is 2. The molecule has 0 radical (unpaired) electrons. The average molecular weight is 289 g/mol. The van der Waals surface area contributed by atoms with Crippen molar-refractivity contribution in [2.24, 2.45) is 0 Å². The van der Waals surface area contributed by atoms with Gasteiger partial charge in [0.2, 0.25) is 5.91 Å². The number of carbonyl (C=O) groups is 1. The minimum atomic E-state index is -4.41. The quantitative estimate of drug-likeness (QED) is 0.906. The number of alkyl halides is 3. The summed E-state index contributed by atoms with van der Waals surface area (Å²) in [5.74, 6) is 0.128. The van der Waals surface area contributed by atoms with Gasteiger partial charge in [0.25, 0.3) is 0 Å². The smallest absolute Gasteiger partial charge is 0.359 e. The molecule has 7 heteroatoms. The van der Waals surface area contributed by atoms with E-state index in [9.17, 15) is 18.0 Å². The average Bonchev–Trinajstić information content (AvgIpc) is 2.39. The first-order chi connectivity index (χ1) is 9.29. The summed E-state index contributed by atoms with van der Waals surface area (Å²) in [6.45, 7) is 6.55. The van der Waals surface area contributed by atoms with Crippen LogP contribution in [0.1, 0.15) is 26.3 Å². The number of anilines is 1. The van der Waals surface area contributed by atoms with E-state index in [1.165, 1.54) is 6.07 Å². The van der Waals surface area contributed by atoms with Crippen molar-refractivity contribution in [1.82, 2.24) is 9.88 Å². The van der Waals surface area contributed by atoms with Crippen LogP contribution >= 0.6 is 0 Å². The van der Waals surface area contributed by atoms with E-state index in [0.717, 1.165) is 12.3 Å². The Labute approximate surface area is 116 Å². The third-order valence-electron chi connectivity index (χ3n) is 2.90. The second kappa shape index (κ2) is 6.58. The number of rotatable bonds is 5. The summed E-state index contributed by atoms with van der Waals surface area (Å²) in [4.78, 5) is 17.3. The van der Waals surface area contributed by atoms with E-state index >= 15 is 0 Å². The lowest BCUT2D eigenvalue weighted by molar-refractivity contribution is -0.137. The van der Waals surface area contributed by atoms with E-state index in [4.69, 9.17) is 0 Å². The summed E-state index contributed by atoms with van der Waals surface area (Å²) >= 11 is 0. The minimum absolute atomic E-state index is 0.114. The second-order valence-electron chi connectivity index (χ2n) is 4.31. The van der Waals surface area contributed by atoms with Crippen LogP contribution in [-0.2, 0) is 11.0 Å². The molecule has 20 heavy (non-hydrogen) atoms. The molecule has 0 aromatic carbocycles. The fourth-order valence-electron chi connectivity index (χ4n) is 1.74. The standard InChI is InChI=1S/C13H18F3N3O/c1-4-19(5-2)12(20)9(3)18-11-7-6-10(8-17-11)13(14,15)16/h6-9H,4-5H2,1-3H3,(H,17,18). The van der Waals surface area contributed by atoms with Gasteiger partial charge in [0.15, 0.2) is 0 Å². The number of pyridine rings is 1. The molecule has 112 valence electrons. The zero-order valence-electron chi connectivity index (χ0n) is 11.7. The number of hydrogen-bond acceptors (Lipinski definition) is 3. The van der Waals surface area contributed by atoms with Crippen molar-refractivity contribution in [1.29, 1.82) is 0 Å². The topological polar surface area (TPSA) is 45.2 Å². The van der Waals surface area contributed by atoms with Crippen molar-refractivity contribution in [2.75, 3.05) is 18.4 Å². The van der Waals surface area contributed by atoms with Crippen LogP contribution in [0.4, 0.5) is 19.0 Å². The molecule has 1 amide bonds. The van der Waals surface area contributed by atoms with E-state index < -0.39 is 17.8 Å². The first kappa shape index (κ1) is 16.3. The van der Waals surface area contributed by atoms with Gasteiger partial charge in [0.1, 0.15) is 11.9 Å². The number of aromatic nitrogens is 1. The summed E-state index contributed by atoms with van der Waals surface area (Å²) in [6, 6.07) is 1.61. The van der Waals surface area contributed by atoms with Crippen molar-refractivity contribution in [3.63, 3.8) is 0 Å². The Morgan fingerprint density at radius 1 is 1.35 bits per heavy atom. The van der Waals surface area contributed by atoms with Gasteiger partial charge in [0.05, 0.1) is 5.56 Å². The van der Waals surface area contributed by atoms with Gasteiger partial charge in [-0.1, -0.05) is 0 Å². The Morgan fingerprint density at radius 3 is 2.35 bits per heavy atom. The number of likely N-dealkylation sites (N-methyl/N-ethyl adjacent to an activating group) is 1. The molecule has 1 aromatic rings. The van der Waals surface area contributed by atoms with Crippen molar-refractivity contribution in [3.05, 3.63) is 23.9 Å². The van der Waals surface area contributed by atoms with Gasteiger partial charge in [-0.3, -0.25) is 4.79 Å². The zero-order valence-corrected chi connectivity index (χ0v) is 11.7. The molecule has 1 unspecified atom stereocenters. The Hall–Kier alpha value is -1.79. The van der Waals surface area contributed by atoms with E-state index in [1.807, 2.05) is 13.8 Å². The third kappa shape index (κ3) is 4.11. The maximum absolute atomic E-state index is 12.4. The fourth-order valence-corrected chi connectivity index (χ4v) is 1.74. The number of nitrogens with one attached hydrogen (secondary N) is 1. The molecule has 0 saturated heterocycles. The molecular weight excluding hydrogens is 271 g/mol. The summed E-state index contributed by atoms with van der Waals surface area (Å²) in [5, 5.41) is 2.80. The highest BCUT2D eigenvalue weighted by Crippen LogP contribution is 2.28. The lowest BCUT2D eigenvalue weighted by Crippen LogP contribution is -2.41. The van der Waals surface area contributed by atoms with Crippen LogP contribution in [0, 0.1) is 0 Å². The second-order valence-corrected chi connectivity index (χ2v) is 4.31. The lowest BCUT2D eigenvalue weighted by Gasteiger charge is -2.23. The number of halogens is 3. The Balaban J connectivity index is 2.71. The Morgan fingerprint density at radius 2 is 1.95 bits per heavy atom. The molecule has 1 aromatic heterocycles. The van der Waals surface area contributed by atoms with Crippen LogP contribution in [0.15, 0.2) is 18.3 Å². The molecule has 0 aliphatic rings. The molecule has 0 aliphatic heterocycles. The zero-order chi connectivity index (χ0) is 15.3. The molecule has 1 N–H and O–H groups in total. The van der Waals surface area contributed by atoms with Crippen molar-refractivity contribution < 1.29 is 18.0 Å². The summed E-state index contributed by atoms with van der Waals surface area (Å²) in [5.41, 5.74) is -0.814. The van der Waals surface area contributed by atoms with Crippen LogP contribution in [0.3, 0.4) is 0 Å². The maximum Gasteiger partial charge on any atom is 0.417 e. The number of hydrogen-bond donors (Lipinski definition) is 1. The first-order valence-corrected chi connectivity index (χ1v) is 6.38. The van der Waals surface area contributed by atoms with E-state index in [1.54, 1.807) is 11.8 Å².